The van der Waals surface area contributed by atoms with E-state index in [2.05, 4.69) is 0 Å². The van der Waals surface area contributed by atoms with Crippen LogP contribution in [0.2, 0.25) is 0 Å². The van der Waals surface area contributed by atoms with Gasteiger partial charge in [0.2, 0.25) is 5.91 Å². The van der Waals surface area contributed by atoms with Gasteiger partial charge in [0.05, 0.1) is 0 Å². The molecule has 0 bridgehead atoms. The molecule has 0 saturated carbocycles. The van der Waals surface area contributed by atoms with Crippen molar-refractivity contribution >= 4 is 11.8 Å². The molecule has 1 unspecified atom stereocenters. The maximum Gasteiger partial charge on any atom is 0.263 e. The number of nitrogens with two attached hydrogens (primary N) is 1. The Morgan fingerprint density at radius 3 is 2.46 bits per heavy atom. The van der Waals surface area contributed by atoms with Gasteiger partial charge in [-0.3, -0.25) is 9.59 Å². The van der Waals surface area contributed by atoms with Crippen LogP contribution in [0.3, 0.4) is 0 Å². The van der Waals surface area contributed by atoms with Gasteiger partial charge in [0.1, 0.15) is 5.75 Å². The molecule has 0 aliphatic heterocycles. The van der Waals surface area contributed by atoms with Crippen LogP contribution >= 0.6 is 0 Å². The third kappa shape index (κ3) is 6.24. The fourth-order valence-corrected chi connectivity index (χ4v) is 2.69. The van der Waals surface area contributed by atoms with Gasteiger partial charge in [0, 0.05) is 19.5 Å². The lowest BCUT2D eigenvalue weighted by Crippen LogP contribution is -2.43. The molecule has 2 aromatic carbocycles. The van der Waals surface area contributed by atoms with Crippen LogP contribution in [0.1, 0.15) is 24.5 Å². The molecule has 2 N–H and O–H groups in total. The topological polar surface area (TPSA) is 72.6 Å². The molecule has 0 spiro atoms. The first-order chi connectivity index (χ1) is 12.5. The number of carbonyl (C=O) groups excluding carboxylic acids is 2. The second kappa shape index (κ2) is 9.61. The zero-order valence-corrected chi connectivity index (χ0v) is 15.4. The first-order valence-corrected chi connectivity index (χ1v) is 8.80. The highest BCUT2D eigenvalue weighted by Crippen LogP contribution is 2.15. The van der Waals surface area contributed by atoms with E-state index in [1.54, 1.807) is 11.8 Å². The quantitative estimate of drug-likeness (QED) is 0.752. The standard InChI is InChI=1S/C21H26N2O3/c1-16-7-6-10-19(15-16)26-17(2)21(25)23(14-12-20(22)24)13-11-18-8-4-3-5-9-18/h3-10,15,17H,11-14H2,1-2H3,(H2,22,24). The van der Waals surface area contributed by atoms with Crippen molar-refractivity contribution in [3.63, 3.8) is 0 Å². The van der Waals surface area contributed by atoms with E-state index >= 15 is 0 Å². The van der Waals surface area contributed by atoms with Gasteiger partial charge in [-0.05, 0) is 43.5 Å². The third-order valence-corrected chi connectivity index (χ3v) is 4.10. The summed E-state index contributed by atoms with van der Waals surface area (Å²) in [5.41, 5.74) is 7.46. The van der Waals surface area contributed by atoms with E-state index < -0.39 is 12.0 Å². The van der Waals surface area contributed by atoms with Gasteiger partial charge < -0.3 is 15.4 Å². The predicted octanol–water partition coefficient (Wildman–Crippen LogP) is 2.71. The van der Waals surface area contributed by atoms with Crippen LogP contribution < -0.4 is 10.5 Å². The van der Waals surface area contributed by atoms with E-state index in [1.165, 1.54) is 0 Å². The van der Waals surface area contributed by atoms with Gasteiger partial charge in [-0.15, -0.1) is 0 Å². The minimum atomic E-state index is -0.638. The fraction of sp³-hybridized carbons (Fsp3) is 0.333. The largest absolute Gasteiger partial charge is 0.481 e. The summed E-state index contributed by atoms with van der Waals surface area (Å²) in [6, 6.07) is 17.5. The average molecular weight is 354 g/mol. The van der Waals surface area contributed by atoms with Gasteiger partial charge >= 0.3 is 0 Å². The average Bonchev–Trinajstić information content (AvgIpc) is 2.62. The Hall–Kier alpha value is -2.82. The van der Waals surface area contributed by atoms with Gasteiger partial charge in [-0.25, -0.2) is 0 Å². The smallest absolute Gasteiger partial charge is 0.263 e. The Bertz CT molecular complexity index is 731. The Morgan fingerprint density at radius 2 is 1.81 bits per heavy atom. The molecule has 138 valence electrons. The highest BCUT2D eigenvalue weighted by atomic mass is 16.5. The van der Waals surface area contributed by atoms with Crippen molar-refractivity contribution in [2.24, 2.45) is 5.73 Å². The second-order valence-corrected chi connectivity index (χ2v) is 6.35. The fourth-order valence-electron chi connectivity index (χ4n) is 2.69. The van der Waals surface area contributed by atoms with Crippen LogP contribution in [0.15, 0.2) is 54.6 Å². The molecule has 2 aromatic rings. The van der Waals surface area contributed by atoms with Crippen LogP contribution in [0, 0.1) is 6.92 Å². The van der Waals surface area contributed by atoms with E-state index in [4.69, 9.17) is 10.5 Å². The van der Waals surface area contributed by atoms with E-state index in [9.17, 15) is 9.59 Å². The summed E-state index contributed by atoms with van der Waals surface area (Å²) in [6.07, 6.45) is 0.209. The molecular weight excluding hydrogens is 328 g/mol. The lowest BCUT2D eigenvalue weighted by molar-refractivity contribution is -0.138. The SMILES string of the molecule is Cc1cccc(OC(C)C(=O)N(CCC(N)=O)CCc2ccccc2)c1. The monoisotopic (exact) mass is 354 g/mol. The number of benzene rings is 2. The minimum absolute atomic E-state index is 0.137. The summed E-state index contributed by atoms with van der Waals surface area (Å²) in [5.74, 6) is 0.0854. The number of hydrogen-bond acceptors (Lipinski definition) is 3. The minimum Gasteiger partial charge on any atom is -0.481 e. The third-order valence-electron chi connectivity index (χ3n) is 4.10. The van der Waals surface area contributed by atoms with Crippen molar-refractivity contribution in [2.45, 2.75) is 32.8 Å². The summed E-state index contributed by atoms with van der Waals surface area (Å²) < 4.78 is 5.79. The van der Waals surface area contributed by atoms with Crippen molar-refractivity contribution in [1.29, 1.82) is 0 Å². The summed E-state index contributed by atoms with van der Waals surface area (Å²) in [4.78, 5) is 25.6. The maximum absolute atomic E-state index is 12.8. The number of aryl methyl sites for hydroxylation is 1. The van der Waals surface area contributed by atoms with Crippen LogP contribution in [0.25, 0.3) is 0 Å². The zero-order valence-electron chi connectivity index (χ0n) is 15.4. The lowest BCUT2D eigenvalue weighted by atomic mass is 10.1. The number of amides is 2. The molecule has 0 fully saturated rings. The van der Waals surface area contributed by atoms with Crippen molar-refractivity contribution in [3.8, 4) is 5.75 Å². The lowest BCUT2D eigenvalue weighted by Gasteiger charge is -2.26. The molecule has 0 aromatic heterocycles. The van der Waals surface area contributed by atoms with Crippen molar-refractivity contribution in [2.75, 3.05) is 13.1 Å². The normalized spacial score (nSPS) is 11.6. The number of nitrogens with zero attached hydrogens (tertiary/aromatic N) is 1. The maximum atomic E-state index is 12.8. The number of hydrogen-bond donors (Lipinski definition) is 1. The molecule has 0 heterocycles. The summed E-state index contributed by atoms with van der Waals surface area (Å²) >= 11 is 0. The van der Waals surface area contributed by atoms with Crippen LogP contribution in [-0.4, -0.2) is 35.9 Å². The molecule has 0 aliphatic carbocycles. The first kappa shape index (κ1) is 19.5. The van der Waals surface area contributed by atoms with E-state index in [-0.39, 0.29) is 12.3 Å². The first-order valence-electron chi connectivity index (χ1n) is 8.80. The number of primary amides is 1. The van der Waals surface area contributed by atoms with Gasteiger partial charge in [-0.2, -0.15) is 0 Å². The molecule has 2 rings (SSSR count). The second-order valence-electron chi connectivity index (χ2n) is 6.35. The molecule has 0 saturated heterocycles. The molecule has 1 atom stereocenters. The highest BCUT2D eigenvalue weighted by Gasteiger charge is 2.22. The van der Waals surface area contributed by atoms with Crippen LogP contribution in [-0.2, 0) is 16.0 Å². The highest BCUT2D eigenvalue weighted by molar-refractivity contribution is 5.82. The Morgan fingerprint density at radius 1 is 1.08 bits per heavy atom. The van der Waals surface area contributed by atoms with Gasteiger partial charge in [0.15, 0.2) is 6.10 Å². The zero-order chi connectivity index (χ0) is 18.9. The predicted molar refractivity (Wildman–Crippen MR) is 102 cm³/mol. The van der Waals surface area contributed by atoms with E-state index in [0.29, 0.717) is 25.3 Å². The Balaban J connectivity index is 2.01. The number of rotatable bonds is 9. The summed E-state index contributed by atoms with van der Waals surface area (Å²) in [7, 11) is 0. The Kier molecular flexibility index (Phi) is 7.21. The number of ether oxygens (including phenoxy) is 1. The summed E-state index contributed by atoms with van der Waals surface area (Å²) in [5, 5.41) is 0. The molecule has 0 aliphatic rings. The van der Waals surface area contributed by atoms with Crippen molar-refractivity contribution in [1.82, 2.24) is 4.90 Å². The van der Waals surface area contributed by atoms with Gasteiger partial charge in [0.25, 0.3) is 5.91 Å². The molecule has 0 radical (unpaired) electrons. The molecule has 2 amide bonds. The van der Waals surface area contributed by atoms with Crippen LogP contribution in [0.4, 0.5) is 0 Å². The van der Waals surface area contributed by atoms with Crippen molar-refractivity contribution in [3.05, 3.63) is 65.7 Å². The van der Waals surface area contributed by atoms with E-state index in [0.717, 1.165) is 11.1 Å². The Labute approximate surface area is 154 Å². The van der Waals surface area contributed by atoms with Crippen molar-refractivity contribution < 1.29 is 14.3 Å². The molecule has 5 nitrogen and oxygen atoms in total. The molecule has 5 heteroatoms. The molecular formula is C21H26N2O3. The number of carbonyl (C=O) groups is 2. The van der Waals surface area contributed by atoms with Crippen LogP contribution in [0.5, 0.6) is 5.75 Å². The molecule has 26 heavy (non-hydrogen) atoms. The van der Waals surface area contributed by atoms with Gasteiger partial charge in [-0.1, -0.05) is 42.5 Å². The summed E-state index contributed by atoms with van der Waals surface area (Å²) in [6.45, 7) is 4.50. The van der Waals surface area contributed by atoms with E-state index in [1.807, 2.05) is 61.5 Å².